The summed E-state index contributed by atoms with van der Waals surface area (Å²) >= 11 is 0. The molecule has 0 spiro atoms. The number of carbonyl (C=O) groups is 2. The minimum atomic E-state index is -0.374. The number of esters is 1. The number of ether oxygens (including phenoxy) is 2. The number of carbonyl (C=O) groups excluding carboxylic acids is 2. The van der Waals surface area contributed by atoms with Crippen LogP contribution < -0.4 is 10.1 Å². The minimum absolute atomic E-state index is 0.148. The molecule has 2 aromatic carbocycles. The zero-order chi connectivity index (χ0) is 18.8. The largest absolute Gasteiger partial charge is 0.494 e. The van der Waals surface area contributed by atoms with Crippen LogP contribution in [-0.4, -0.2) is 25.1 Å². The van der Waals surface area contributed by atoms with Crippen LogP contribution in [0.5, 0.6) is 5.75 Å². The average Bonchev–Trinajstić information content (AvgIpc) is 2.64. The Morgan fingerprint density at radius 2 is 1.81 bits per heavy atom. The number of hydrogen-bond donors (Lipinski definition) is 1. The fourth-order valence-corrected chi connectivity index (χ4v) is 2.38. The molecular weight excluding hydrogens is 330 g/mol. The van der Waals surface area contributed by atoms with Crippen LogP contribution in [0, 0.1) is 0 Å². The molecule has 26 heavy (non-hydrogen) atoms. The first kappa shape index (κ1) is 19.5. The van der Waals surface area contributed by atoms with Crippen LogP contribution in [0.2, 0.25) is 0 Å². The first-order chi connectivity index (χ1) is 12.6. The van der Waals surface area contributed by atoms with Crippen molar-refractivity contribution in [3.63, 3.8) is 0 Å². The van der Waals surface area contributed by atoms with Crippen molar-refractivity contribution in [2.75, 3.05) is 18.5 Å². The Hall–Kier alpha value is -2.82. The maximum absolute atomic E-state index is 12.2. The molecule has 0 fully saturated rings. The van der Waals surface area contributed by atoms with E-state index in [1.54, 1.807) is 24.3 Å². The molecule has 1 amide bonds. The van der Waals surface area contributed by atoms with Crippen LogP contribution in [0.3, 0.4) is 0 Å². The second-order valence-corrected chi connectivity index (χ2v) is 5.87. The Kier molecular flexibility index (Phi) is 7.68. The Morgan fingerprint density at radius 3 is 2.50 bits per heavy atom. The molecule has 0 unspecified atom stereocenters. The summed E-state index contributed by atoms with van der Waals surface area (Å²) in [6.45, 7) is 4.98. The lowest BCUT2D eigenvalue weighted by atomic mass is 10.1. The van der Waals surface area contributed by atoms with Gasteiger partial charge in [-0.05, 0) is 49.2 Å². The van der Waals surface area contributed by atoms with Crippen LogP contribution >= 0.6 is 0 Å². The van der Waals surface area contributed by atoms with E-state index in [1.807, 2.05) is 38.1 Å². The van der Waals surface area contributed by atoms with Crippen LogP contribution in [0.1, 0.15) is 42.6 Å². The smallest absolute Gasteiger partial charge is 0.338 e. The number of anilines is 1. The molecule has 138 valence electrons. The second-order valence-electron chi connectivity index (χ2n) is 5.87. The van der Waals surface area contributed by atoms with Gasteiger partial charge in [0.25, 0.3) is 0 Å². The highest BCUT2D eigenvalue weighted by atomic mass is 16.5. The van der Waals surface area contributed by atoms with E-state index in [4.69, 9.17) is 9.47 Å². The second kappa shape index (κ2) is 10.2. The highest BCUT2D eigenvalue weighted by molar-refractivity contribution is 5.95. The van der Waals surface area contributed by atoms with Crippen LogP contribution in [0.25, 0.3) is 0 Å². The van der Waals surface area contributed by atoms with Crippen LogP contribution in [-0.2, 0) is 16.0 Å². The monoisotopic (exact) mass is 355 g/mol. The molecule has 2 rings (SSSR count). The lowest BCUT2D eigenvalue weighted by Crippen LogP contribution is -2.15. The summed E-state index contributed by atoms with van der Waals surface area (Å²) in [5.74, 6) is 0.262. The van der Waals surface area contributed by atoms with E-state index in [1.165, 1.54) is 0 Å². The predicted molar refractivity (Wildman–Crippen MR) is 102 cm³/mol. The third-order valence-electron chi connectivity index (χ3n) is 3.71. The van der Waals surface area contributed by atoms with Crippen molar-refractivity contribution in [1.29, 1.82) is 0 Å². The van der Waals surface area contributed by atoms with Crippen molar-refractivity contribution >= 4 is 17.6 Å². The van der Waals surface area contributed by atoms with Crippen LogP contribution in [0.4, 0.5) is 5.69 Å². The molecule has 0 aromatic heterocycles. The molecule has 1 N–H and O–H groups in total. The van der Waals surface area contributed by atoms with E-state index in [2.05, 4.69) is 5.32 Å². The van der Waals surface area contributed by atoms with E-state index in [0.717, 1.165) is 24.2 Å². The molecule has 5 nitrogen and oxygen atoms in total. The number of benzene rings is 2. The first-order valence-corrected chi connectivity index (χ1v) is 8.91. The van der Waals surface area contributed by atoms with E-state index in [9.17, 15) is 9.59 Å². The topological polar surface area (TPSA) is 64.6 Å². The Morgan fingerprint density at radius 1 is 1.04 bits per heavy atom. The van der Waals surface area contributed by atoms with E-state index < -0.39 is 0 Å². The van der Waals surface area contributed by atoms with Crippen molar-refractivity contribution in [3.8, 4) is 5.75 Å². The van der Waals surface area contributed by atoms with Gasteiger partial charge in [0.2, 0.25) is 5.91 Å². The fourth-order valence-electron chi connectivity index (χ4n) is 2.38. The molecule has 0 saturated heterocycles. The van der Waals surface area contributed by atoms with Gasteiger partial charge in [0.05, 0.1) is 25.2 Å². The Balaban J connectivity index is 1.92. The van der Waals surface area contributed by atoms with Gasteiger partial charge in [-0.15, -0.1) is 0 Å². The quantitative estimate of drug-likeness (QED) is 0.540. The van der Waals surface area contributed by atoms with Crippen molar-refractivity contribution in [2.24, 2.45) is 0 Å². The van der Waals surface area contributed by atoms with Gasteiger partial charge in [0.15, 0.2) is 0 Å². The molecule has 0 aliphatic heterocycles. The van der Waals surface area contributed by atoms with Crippen molar-refractivity contribution in [2.45, 2.75) is 33.1 Å². The van der Waals surface area contributed by atoms with Gasteiger partial charge in [-0.1, -0.05) is 31.5 Å². The summed E-state index contributed by atoms with van der Waals surface area (Å²) in [5.41, 5.74) is 1.90. The summed E-state index contributed by atoms with van der Waals surface area (Å²) in [6, 6.07) is 14.2. The molecule has 0 bridgehead atoms. The summed E-state index contributed by atoms with van der Waals surface area (Å²) in [6.07, 6.45) is 2.05. The lowest BCUT2D eigenvalue weighted by molar-refractivity contribution is -0.115. The minimum Gasteiger partial charge on any atom is -0.494 e. The van der Waals surface area contributed by atoms with Gasteiger partial charge in [0, 0.05) is 5.69 Å². The molecule has 0 atom stereocenters. The van der Waals surface area contributed by atoms with E-state index in [0.29, 0.717) is 24.5 Å². The first-order valence-electron chi connectivity index (χ1n) is 8.91. The van der Waals surface area contributed by atoms with Crippen molar-refractivity contribution < 1.29 is 19.1 Å². The number of rotatable bonds is 9. The van der Waals surface area contributed by atoms with Gasteiger partial charge < -0.3 is 14.8 Å². The molecule has 0 heterocycles. The third kappa shape index (κ3) is 6.24. The maximum Gasteiger partial charge on any atom is 0.338 e. The zero-order valence-corrected chi connectivity index (χ0v) is 15.3. The molecule has 0 radical (unpaired) electrons. The highest BCUT2D eigenvalue weighted by Gasteiger charge is 2.09. The fraction of sp³-hybridized carbons (Fsp3) is 0.333. The summed E-state index contributed by atoms with van der Waals surface area (Å²) in [5, 5.41) is 2.81. The van der Waals surface area contributed by atoms with Crippen molar-refractivity contribution in [3.05, 3.63) is 59.7 Å². The molecule has 0 aliphatic carbocycles. The molecule has 2 aromatic rings. The van der Waals surface area contributed by atoms with E-state index >= 15 is 0 Å². The number of unbranched alkanes of at least 4 members (excludes halogenated alkanes) is 1. The molecule has 0 aliphatic rings. The predicted octanol–water partition coefficient (Wildman–Crippen LogP) is 4.22. The van der Waals surface area contributed by atoms with Crippen molar-refractivity contribution in [1.82, 2.24) is 0 Å². The average molecular weight is 355 g/mol. The van der Waals surface area contributed by atoms with Gasteiger partial charge in [0.1, 0.15) is 5.75 Å². The normalized spacial score (nSPS) is 10.2. The summed E-state index contributed by atoms with van der Waals surface area (Å²) < 4.78 is 10.6. The third-order valence-corrected chi connectivity index (χ3v) is 3.71. The Bertz CT molecular complexity index is 725. The van der Waals surface area contributed by atoms with Gasteiger partial charge in [-0.2, -0.15) is 0 Å². The SMILES string of the molecule is CCCCOC(=O)c1cccc(NC(=O)Cc2ccc(OCC)cc2)c1. The van der Waals surface area contributed by atoms with Gasteiger partial charge in [-0.3, -0.25) is 4.79 Å². The maximum atomic E-state index is 12.2. The highest BCUT2D eigenvalue weighted by Crippen LogP contribution is 2.15. The number of nitrogens with one attached hydrogen (secondary N) is 1. The van der Waals surface area contributed by atoms with E-state index in [-0.39, 0.29) is 18.3 Å². The lowest BCUT2D eigenvalue weighted by Gasteiger charge is -2.08. The van der Waals surface area contributed by atoms with Gasteiger partial charge >= 0.3 is 5.97 Å². The van der Waals surface area contributed by atoms with Gasteiger partial charge in [-0.25, -0.2) is 4.79 Å². The Labute approximate surface area is 154 Å². The zero-order valence-electron chi connectivity index (χ0n) is 15.3. The molecular formula is C21H25NO4. The summed E-state index contributed by atoms with van der Waals surface area (Å²) in [7, 11) is 0. The summed E-state index contributed by atoms with van der Waals surface area (Å²) in [4.78, 5) is 24.2. The standard InChI is InChI=1S/C21H25NO4/c1-3-5-13-26-21(24)17-7-6-8-18(15-17)22-20(23)14-16-9-11-19(12-10-16)25-4-2/h6-12,15H,3-5,13-14H2,1-2H3,(H,22,23). The number of hydrogen-bond acceptors (Lipinski definition) is 4. The number of amides is 1. The molecule has 5 heteroatoms. The van der Waals surface area contributed by atoms with Crippen LogP contribution in [0.15, 0.2) is 48.5 Å². The molecule has 0 saturated carbocycles.